The zero-order chi connectivity index (χ0) is 15.8. The molecule has 1 saturated heterocycles. The molecule has 1 heterocycles. The fourth-order valence-corrected chi connectivity index (χ4v) is 3.24. The summed E-state index contributed by atoms with van der Waals surface area (Å²) in [6.07, 6.45) is -4.97. The first-order chi connectivity index (χ1) is 9.70. The molecule has 2 N–H and O–H groups in total. The quantitative estimate of drug-likeness (QED) is 0.808. The number of aliphatic hydroxyl groups excluding tert-OH is 1. The summed E-state index contributed by atoms with van der Waals surface area (Å²) in [4.78, 5) is 24.4. The third kappa shape index (κ3) is 3.48. The van der Waals surface area contributed by atoms with Crippen molar-refractivity contribution in [2.24, 2.45) is 11.8 Å². The number of carbonyl (C=O) groups is 2. The van der Waals surface area contributed by atoms with Gasteiger partial charge in [-0.1, -0.05) is 6.42 Å². The van der Waals surface area contributed by atoms with Gasteiger partial charge in [0.25, 0.3) is 0 Å². The molecule has 8 heteroatoms. The van der Waals surface area contributed by atoms with Gasteiger partial charge in [-0.25, -0.2) is 4.79 Å². The highest BCUT2D eigenvalue weighted by Crippen LogP contribution is 2.41. The van der Waals surface area contributed by atoms with E-state index in [2.05, 4.69) is 0 Å². The van der Waals surface area contributed by atoms with Gasteiger partial charge in [0.05, 0.1) is 12.0 Å². The van der Waals surface area contributed by atoms with Crippen molar-refractivity contribution in [3.8, 4) is 0 Å². The highest BCUT2D eigenvalue weighted by atomic mass is 19.4. The number of carboxylic acid groups (broad SMARTS) is 1. The SMILES string of the molecule is O=C(O)[C@@H]1C[C@H](O)CN1C(=O)C1CCCC(C(F)(F)F)C1. The summed E-state index contributed by atoms with van der Waals surface area (Å²) in [6, 6.07) is -1.14. The second-order valence-corrected chi connectivity index (χ2v) is 5.84. The number of hydrogen-bond acceptors (Lipinski definition) is 3. The Kier molecular flexibility index (Phi) is 4.46. The molecule has 0 radical (unpaired) electrons. The van der Waals surface area contributed by atoms with Crippen molar-refractivity contribution in [1.82, 2.24) is 4.90 Å². The molecule has 2 aliphatic rings. The zero-order valence-electron chi connectivity index (χ0n) is 11.3. The third-order valence-corrected chi connectivity index (χ3v) is 4.33. The van der Waals surface area contributed by atoms with Gasteiger partial charge in [-0.15, -0.1) is 0 Å². The van der Waals surface area contributed by atoms with Crippen molar-refractivity contribution >= 4 is 11.9 Å². The molecule has 1 saturated carbocycles. The molecule has 1 aliphatic heterocycles. The molecule has 0 aromatic rings. The fraction of sp³-hybridized carbons (Fsp3) is 0.846. The van der Waals surface area contributed by atoms with Gasteiger partial charge in [0.15, 0.2) is 0 Å². The predicted octanol–water partition coefficient (Wildman–Crippen LogP) is 1.40. The minimum absolute atomic E-state index is 0.0122. The van der Waals surface area contributed by atoms with Crippen LogP contribution < -0.4 is 0 Å². The number of alkyl halides is 3. The number of aliphatic carboxylic acids is 1. The second-order valence-electron chi connectivity index (χ2n) is 5.84. The van der Waals surface area contributed by atoms with Gasteiger partial charge in [-0.2, -0.15) is 13.2 Å². The van der Waals surface area contributed by atoms with Crippen LogP contribution >= 0.6 is 0 Å². The van der Waals surface area contributed by atoms with E-state index in [0.29, 0.717) is 12.8 Å². The highest BCUT2D eigenvalue weighted by Gasteiger charge is 2.46. The van der Waals surface area contributed by atoms with E-state index in [1.165, 1.54) is 0 Å². The minimum Gasteiger partial charge on any atom is -0.480 e. The average molecular weight is 309 g/mol. The first kappa shape index (κ1) is 16.1. The normalized spacial score (nSPS) is 34.0. The molecule has 21 heavy (non-hydrogen) atoms. The largest absolute Gasteiger partial charge is 0.480 e. The summed E-state index contributed by atoms with van der Waals surface area (Å²) >= 11 is 0. The minimum atomic E-state index is -4.32. The third-order valence-electron chi connectivity index (χ3n) is 4.33. The van der Waals surface area contributed by atoms with Crippen molar-refractivity contribution in [1.29, 1.82) is 0 Å². The second kappa shape index (κ2) is 5.82. The summed E-state index contributed by atoms with van der Waals surface area (Å²) < 4.78 is 38.3. The van der Waals surface area contributed by atoms with E-state index >= 15 is 0 Å². The van der Waals surface area contributed by atoms with Gasteiger partial charge in [-0.05, 0) is 19.3 Å². The lowest BCUT2D eigenvalue weighted by Gasteiger charge is -2.33. The first-order valence-electron chi connectivity index (χ1n) is 6.98. The fourth-order valence-electron chi connectivity index (χ4n) is 3.24. The Morgan fingerprint density at radius 3 is 2.38 bits per heavy atom. The summed E-state index contributed by atoms with van der Waals surface area (Å²) in [5.74, 6) is -4.12. The summed E-state index contributed by atoms with van der Waals surface area (Å²) in [5, 5.41) is 18.6. The molecule has 2 fully saturated rings. The topological polar surface area (TPSA) is 77.8 Å². The summed E-state index contributed by atoms with van der Waals surface area (Å²) in [6.45, 7) is -0.122. The Hall–Kier alpha value is -1.31. The van der Waals surface area contributed by atoms with Gasteiger partial charge in [0, 0.05) is 18.9 Å². The average Bonchev–Trinajstić information content (AvgIpc) is 2.79. The van der Waals surface area contributed by atoms with Crippen LogP contribution in [0, 0.1) is 11.8 Å². The molecule has 1 aliphatic carbocycles. The van der Waals surface area contributed by atoms with E-state index in [4.69, 9.17) is 5.11 Å². The Balaban J connectivity index is 2.07. The number of carbonyl (C=O) groups excluding carboxylic acids is 1. The number of nitrogens with zero attached hydrogens (tertiary/aromatic N) is 1. The molecule has 0 aromatic heterocycles. The molecular formula is C13H18F3NO4. The molecule has 0 aromatic carbocycles. The van der Waals surface area contributed by atoms with Gasteiger partial charge in [0.2, 0.25) is 5.91 Å². The molecule has 4 atom stereocenters. The Labute approximate surface area is 119 Å². The van der Waals surface area contributed by atoms with Crippen molar-refractivity contribution in [2.75, 3.05) is 6.54 Å². The van der Waals surface area contributed by atoms with Crippen molar-refractivity contribution in [2.45, 2.75) is 50.4 Å². The van der Waals surface area contributed by atoms with E-state index in [-0.39, 0.29) is 25.8 Å². The van der Waals surface area contributed by atoms with Gasteiger partial charge >= 0.3 is 12.1 Å². The number of carboxylic acids is 1. The monoisotopic (exact) mass is 309 g/mol. The van der Waals surface area contributed by atoms with Crippen LogP contribution in [0.15, 0.2) is 0 Å². The number of rotatable bonds is 2. The van der Waals surface area contributed by atoms with E-state index in [0.717, 1.165) is 4.90 Å². The summed E-state index contributed by atoms with van der Waals surface area (Å²) in [5.41, 5.74) is 0. The highest BCUT2D eigenvalue weighted by molar-refractivity contribution is 5.86. The van der Waals surface area contributed by atoms with Crippen LogP contribution in [0.2, 0.25) is 0 Å². The lowest BCUT2D eigenvalue weighted by atomic mass is 9.80. The predicted molar refractivity (Wildman–Crippen MR) is 65.3 cm³/mol. The molecular weight excluding hydrogens is 291 g/mol. The number of hydrogen-bond donors (Lipinski definition) is 2. The first-order valence-corrected chi connectivity index (χ1v) is 6.98. The van der Waals surface area contributed by atoms with E-state index < -0.39 is 42.0 Å². The van der Waals surface area contributed by atoms with Gasteiger partial charge < -0.3 is 15.1 Å². The maximum atomic E-state index is 12.8. The maximum Gasteiger partial charge on any atom is 0.391 e. The van der Waals surface area contributed by atoms with E-state index in [1.54, 1.807) is 0 Å². The molecule has 2 unspecified atom stereocenters. The Bertz CT molecular complexity index is 426. The van der Waals surface area contributed by atoms with Gasteiger partial charge in [-0.3, -0.25) is 4.79 Å². The standard InChI is InChI=1S/C13H18F3NO4/c14-13(15,16)8-3-1-2-7(4-8)11(19)17-6-9(18)5-10(17)12(20)21/h7-10,18H,1-6H2,(H,20,21)/t7?,8?,9-,10-/m0/s1. The van der Waals surface area contributed by atoms with Crippen LogP contribution in [0.1, 0.15) is 32.1 Å². The molecule has 5 nitrogen and oxygen atoms in total. The number of aliphatic hydroxyl groups is 1. The number of halogens is 3. The Morgan fingerprint density at radius 1 is 1.14 bits per heavy atom. The van der Waals surface area contributed by atoms with Crippen LogP contribution in [0.4, 0.5) is 13.2 Å². The van der Waals surface area contributed by atoms with Crippen molar-refractivity contribution < 1.29 is 33.0 Å². The van der Waals surface area contributed by atoms with Crippen LogP contribution in [-0.4, -0.2) is 51.9 Å². The van der Waals surface area contributed by atoms with Gasteiger partial charge in [0.1, 0.15) is 6.04 Å². The number of β-amino-alcohol motifs (C(OH)–C–C–N with tert-alkyl or cyclic N) is 1. The maximum absolute atomic E-state index is 12.8. The van der Waals surface area contributed by atoms with E-state index in [1.807, 2.05) is 0 Å². The molecule has 0 spiro atoms. The smallest absolute Gasteiger partial charge is 0.391 e. The lowest BCUT2D eigenvalue weighted by Crippen LogP contribution is -2.45. The zero-order valence-corrected chi connectivity index (χ0v) is 11.3. The molecule has 2 rings (SSSR count). The van der Waals surface area contributed by atoms with E-state index in [9.17, 15) is 27.9 Å². The van der Waals surface area contributed by atoms with Crippen LogP contribution in [0.25, 0.3) is 0 Å². The number of amides is 1. The lowest BCUT2D eigenvalue weighted by molar-refractivity contribution is -0.187. The van der Waals surface area contributed by atoms with Crippen molar-refractivity contribution in [3.63, 3.8) is 0 Å². The van der Waals surface area contributed by atoms with Crippen LogP contribution in [0.5, 0.6) is 0 Å². The van der Waals surface area contributed by atoms with Crippen LogP contribution in [0.3, 0.4) is 0 Å². The molecule has 0 bridgehead atoms. The number of likely N-dealkylation sites (tertiary alicyclic amines) is 1. The summed E-state index contributed by atoms with van der Waals surface area (Å²) in [7, 11) is 0. The van der Waals surface area contributed by atoms with Crippen LogP contribution in [-0.2, 0) is 9.59 Å². The molecule has 1 amide bonds. The van der Waals surface area contributed by atoms with Crippen molar-refractivity contribution in [3.05, 3.63) is 0 Å². The Morgan fingerprint density at radius 2 is 1.81 bits per heavy atom. The molecule has 120 valence electrons.